The molecule has 3 heterocycles. The summed E-state index contributed by atoms with van der Waals surface area (Å²) in [4.78, 5) is 30.7. The number of hydrogen-bond acceptors (Lipinski definition) is 5. The molecular weight excluding hydrogens is 490 g/mol. The van der Waals surface area contributed by atoms with E-state index >= 15 is 0 Å². The van der Waals surface area contributed by atoms with E-state index in [0.717, 1.165) is 61.3 Å². The maximum atomic E-state index is 13.2. The normalized spacial score (nSPS) is 18.0. The van der Waals surface area contributed by atoms with Crippen molar-refractivity contribution in [3.8, 4) is 5.75 Å². The third kappa shape index (κ3) is 4.82. The van der Waals surface area contributed by atoms with Crippen molar-refractivity contribution >= 4 is 29.8 Å². The smallest absolute Gasteiger partial charge is 0.247 e. The zero-order valence-electron chi connectivity index (χ0n) is 20.6. The second kappa shape index (κ2) is 10.9. The number of ketones is 1. The fourth-order valence-corrected chi connectivity index (χ4v) is 5.67. The molecule has 0 aromatic heterocycles. The molecule has 3 aliphatic heterocycles. The maximum Gasteiger partial charge on any atom is 0.247 e. The van der Waals surface area contributed by atoms with Gasteiger partial charge in [-0.1, -0.05) is 48.5 Å². The van der Waals surface area contributed by atoms with Crippen molar-refractivity contribution in [2.45, 2.75) is 31.4 Å². The molecule has 0 aliphatic carbocycles. The van der Waals surface area contributed by atoms with Crippen molar-refractivity contribution in [3.63, 3.8) is 0 Å². The summed E-state index contributed by atoms with van der Waals surface area (Å²) in [6.45, 7) is 3.62. The van der Waals surface area contributed by atoms with Crippen LogP contribution in [-0.4, -0.2) is 53.9 Å². The highest BCUT2D eigenvalue weighted by molar-refractivity contribution is 6.12. The van der Waals surface area contributed by atoms with Gasteiger partial charge >= 0.3 is 0 Å². The van der Waals surface area contributed by atoms with Gasteiger partial charge in [-0.25, -0.2) is 0 Å². The predicted molar refractivity (Wildman–Crippen MR) is 146 cm³/mol. The van der Waals surface area contributed by atoms with Crippen LogP contribution in [0.5, 0.6) is 5.75 Å². The van der Waals surface area contributed by atoms with Gasteiger partial charge in [-0.3, -0.25) is 9.59 Å². The van der Waals surface area contributed by atoms with E-state index < -0.39 is 5.54 Å². The van der Waals surface area contributed by atoms with Crippen LogP contribution in [-0.2, 0) is 17.8 Å². The molecule has 6 rings (SSSR count). The first-order chi connectivity index (χ1) is 17.1. The van der Waals surface area contributed by atoms with Gasteiger partial charge in [0, 0.05) is 36.4 Å². The van der Waals surface area contributed by atoms with Crippen LogP contribution in [0.3, 0.4) is 0 Å². The van der Waals surface area contributed by atoms with E-state index in [2.05, 4.69) is 33.3 Å². The number of carbonyl (C=O) groups is 2. The van der Waals surface area contributed by atoms with Crippen molar-refractivity contribution in [1.82, 2.24) is 10.2 Å². The van der Waals surface area contributed by atoms with Gasteiger partial charge in [-0.15, -0.1) is 12.4 Å². The first kappa shape index (κ1) is 26.7. The van der Waals surface area contributed by atoms with E-state index in [0.29, 0.717) is 24.6 Å². The van der Waals surface area contributed by atoms with Crippen molar-refractivity contribution in [1.29, 1.82) is 0 Å². The monoisotopic (exact) mass is 521 g/mol. The molecule has 0 unspecified atom stereocenters. The van der Waals surface area contributed by atoms with Gasteiger partial charge in [0.25, 0.3) is 0 Å². The first-order valence-corrected chi connectivity index (χ1v) is 12.4. The Labute approximate surface area is 223 Å². The first-order valence-electron chi connectivity index (χ1n) is 12.4. The van der Waals surface area contributed by atoms with Crippen LogP contribution in [0.4, 0.5) is 5.69 Å². The third-order valence-electron chi connectivity index (χ3n) is 7.74. The van der Waals surface area contributed by atoms with Gasteiger partial charge < -0.3 is 25.3 Å². The molecule has 3 aromatic carbocycles. The summed E-state index contributed by atoms with van der Waals surface area (Å²) in [5.41, 5.74) is 4.06. The Morgan fingerprint density at radius 2 is 1.62 bits per heavy atom. The Hall–Kier alpha value is -3.39. The van der Waals surface area contributed by atoms with E-state index in [1.54, 1.807) is 0 Å². The van der Waals surface area contributed by atoms with E-state index in [1.807, 2.05) is 54.6 Å². The molecule has 0 radical (unpaired) electrons. The Kier molecular flexibility index (Phi) is 7.87. The van der Waals surface area contributed by atoms with Gasteiger partial charge in [0.1, 0.15) is 17.9 Å². The van der Waals surface area contributed by atoms with E-state index in [-0.39, 0.29) is 29.6 Å². The summed E-state index contributed by atoms with van der Waals surface area (Å²) < 4.78 is 5.93. The number of fused-ring (bicyclic) bond motifs is 2. The quantitative estimate of drug-likeness (QED) is 0.568. The average Bonchev–Trinajstić information content (AvgIpc) is 3.14. The summed E-state index contributed by atoms with van der Waals surface area (Å²) in [7, 11) is 0. The minimum Gasteiger partial charge on any atom is -0.488 e. The number of piperidine rings is 1. The third-order valence-corrected chi connectivity index (χ3v) is 7.74. The lowest BCUT2D eigenvalue weighted by molar-refractivity contribution is -0.125. The number of para-hydroxylation sites is 1. The van der Waals surface area contributed by atoms with E-state index in [9.17, 15) is 9.59 Å². The number of anilines is 1. The maximum absolute atomic E-state index is 13.2. The van der Waals surface area contributed by atoms with Crippen molar-refractivity contribution < 1.29 is 19.8 Å². The van der Waals surface area contributed by atoms with Crippen molar-refractivity contribution in [3.05, 3.63) is 95.1 Å². The lowest BCUT2D eigenvalue weighted by atomic mass is 9.85. The largest absolute Gasteiger partial charge is 0.488 e. The number of nitrogens with zero attached hydrogens (tertiary/aromatic N) is 2. The van der Waals surface area contributed by atoms with Crippen molar-refractivity contribution in [2.75, 3.05) is 31.2 Å². The minimum atomic E-state index is -0.459. The Bertz CT molecular complexity index is 1280. The molecular formula is C29H32ClN3O4. The number of ether oxygens (including phenoxy) is 1. The number of amides is 1. The van der Waals surface area contributed by atoms with Crippen LogP contribution in [0.2, 0.25) is 0 Å². The molecule has 0 saturated carbocycles. The van der Waals surface area contributed by atoms with Gasteiger partial charge in [-0.05, 0) is 49.1 Å². The fourth-order valence-electron chi connectivity index (χ4n) is 5.67. The van der Waals surface area contributed by atoms with Crippen molar-refractivity contribution in [2.24, 2.45) is 0 Å². The Balaban J connectivity index is 0.00000160. The Morgan fingerprint density at radius 3 is 2.41 bits per heavy atom. The molecule has 2 fully saturated rings. The van der Waals surface area contributed by atoms with Crippen LogP contribution in [0.25, 0.3) is 0 Å². The zero-order chi connectivity index (χ0) is 23.8. The van der Waals surface area contributed by atoms with Crippen LogP contribution in [0.15, 0.2) is 72.8 Å². The molecule has 1 amide bonds. The van der Waals surface area contributed by atoms with Gasteiger partial charge in [0.2, 0.25) is 5.91 Å². The summed E-state index contributed by atoms with van der Waals surface area (Å²) in [6.07, 6.45) is 2.46. The predicted octanol–water partition coefficient (Wildman–Crippen LogP) is 3.38. The number of nitrogens with one attached hydrogen (secondary N) is 1. The van der Waals surface area contributed by atoms with Gasteiger partial charge in [0.15, 0.2) is 5.78 Å². The second-order valence-corrected chi connectivity index (χ2v) is 9.66. The highest BCUT2D eigenvalue weighted by Crippen LogP contribution is 2.36. The standard InChI is InChI=1S/C29H29N3O3.ClH.H2O/c33-27-24-9-5-4-6-22(24)19-35-26-11-10-21(18-25(26)27)12-15-31-16-13-29(14-17-31)28(34)30-20-32(29)23-7-2-1-3-8-23;;/h1-11,18H,12-17,19-20H2,(H,30,34);1H;1H2. The minimum absolute atomic E-state index is 0. The van der Waals surface area contributed by atoms with Crippen LogP contribution < -0.4 is 15.0 Å². The lowest BCUT2D eigenvalue weighted by Gasteiger charge is -2.43. The number of halogens is 1. The molecule has 37 heavy (non-hydrogen) atoms. The summed E-state index contributed by atoms with van der Waals surface area (Å²) in [5.74, 6) is 0.830. The number of carbonyl (C=O) groups excluding carboxylic acids is 2. The summed E-state index contributed by atoms with van der Waals surface area (Å²) in [5, 5.41) is 3.07. The molecule has 194 valence electrons. The number of likely N-dealkylation sites (tertiary alicyclic amines) is 1. The SMILES string of the molecule is Cl.O.O=C1c2ccccc2COc2ccc(CCN3CCC4(CC3)C(=O)NCN4c3ccccc3)cc21. The zero-order valence-corrected chi connectivity index (χ0v) is 21.4. The topological polar surface area (TPSA) is 93.4 Å². The summed E-state index contributed by atoms with van der Waals surface area (Å²) in [6, 6.07) is 23.9. The van der Waals surface area contributed by atoms with Gasteiger partial charge in [0.05, 0.1) is 12.2 Å². The molecule has 7 nitrogen and oxygen atoms in total. The molecule has 1 spiro atoms. The second-order valence-electron chi connectivity index (χ2n) is 9.66. The average molecular weight is 522 g/mol. The van der Waals surface area contributed by atoms with E-state index in [4.69, 9.17) is 4.74 Å². The van der Waals surface area contributed by atoms with Crippen LogP contribution >= 0.6 is 12.4 Å². The van der Waals surface area contributed by atoms with Crippen LogP contribution in [0.1, 0.15) is 39.9 Å². The molecule has 0 bridgehead atoms. The highest BCUT2D eigenvalue weighted by Gasteiger charge is 2.50. The molecule has 8 heteroatoms. The molecule has 3 aromatic rings. The van der Waals surface area contributed by atoms with Crippen LogP contribution in [0, 0.1) is 0 Å². The summed E-state index contributed by atoms with van der Waals surface area (Å²) >= 11 is 0. The van der Waals surface area contributed by atoms with Gasteiger partial charge in [-0.2, -0.15) is 0 Å². The molecule has 2 saturated heterocycles. The fraction of sp³-hybridized carbons (Fsp3) is 0.310. The van der Waals surface area contributed by atoms with E-state index in [1.165, 1.54) is 0 Å². The molecule has 3 N–H and O–H groups in total. The number of rotatable bonds is 4. The molecule has 3 aliphatic rings. The number of benzene rings is 3. The molecule has 0 atom stereocenters. The Morgan fingerprint density at radius 1 is 0.892 bits per heavy atom. The lowest BCUT2D eigenvalue weighted by Crippen LogP contribution is -2.56. The number of hydrogen-bond donors (Lipinski definition) is 1. The highest BCUT2D eigenvalue weighted by atomic mass is 35.5.